The standard InChI is InChI=1S/C23H26F24O3Si/c1-48-51(49-2,12-4-3-5-16(30,31)32)50-20(21(42,43)13(24,25)6-9-17(33,34)35,22(44,45)14(26,27)7-10-18(36,37)38)23(46,47)15(28,29)8-11-19(39,40)41/h3-12H2,1-2H3. The van der Waals surface area contributed by atoms with Crippen LogP contribution >= 0.6 is 0 Å². The van der Waals surface area contributed by atoms with Gasteiger partial charge in [0.1, 0.15) is 0 Å². The highest BCUT2D eigenvalue weighted by atomic mass is 28.4. The van der Waals surface area contributed by atoms with Gasteiger partial charge in [-0.05, 0) is 12.8 Å². The van der Waals surface area contributed by atoms with E-state index in [0.717, 1.165) is 0 Å². The molecular formula is C23H26F24O3Si. The summed E-state index contributed by atoms with van der Waals surface area (Å²) < 4.78 is 349. The fourth-order valence-electron chi connectivity index (χ4n) is 4.25. The van der Waals surface area contributed by atoms with Gasteiger partial charge in [-0.1, -0.05) is 0 Å². The van der Waals surface area contributed by atoms with E-state index in [1.54, 1.807) is 0 Å². The minimum Gasteiger partial charge on any atom is -0.377 e. The van der Waals surface area contributed by atoms with E-state index < -0.39 is 138 Å². The van der Waals surface area contributed by atoms with Crippen LogP contribution in [0.3, 0.4) is 0 Å². The predicted molar refractivity (Wildman–Crippen MR) is 124 cm³/mol. The summed E-state index contributed by atoms with van der Waals surface area (Å²) in [4.78, 5) is 0. The molecule has 0 unspecified atom stereocenters. The molecule has 28 heteroatoms. The second-order valence-corrected chi connectivity index (χ2v) is 13.8. The normalized spacial score (nSPS) is 15.9. The van der Waals surface area contributed by atoms with E-state index in [1.165, 1.54) is 0 Å². The number of hydrogen-bond donors (Lipinski definition) is 0. The third-order valence-corrected chi connectivity index (χ3v) is 9.82. The van der Waals surface area contributed by atoms with Gasteiger partial charge in [0.25, 0.3) is 5.60 Å². The van der Waals surface area contributed by atoms with E-state index in [4.69, 9.17) is 0 Å². The molecule has 0 aromatic rings. The van der Waals surface area contributed by atoms with Crippen LogP contribution in [-0.4, -0.2) is 88.9 Å². The molecule has 308 valence electrons. The zero-order chi connectivity index (χ0) is 41.2. The number of unbranched alkanes of at least 4 members (excludes halogenated alkanes) is 1. The largest absolute Gasteiger partial charge is 0.501 e. The zero-order valence-corrected chi connectivity index (χ0v) is 26.4. The highest BCUT2D eigenvalue weighted by Crippen LogP contribution is 2.67. The summed E-state index contributed by atoms with van der Waals surface area (Å²) in [7, 11) is -6.88. The molecule has 0 N–H and O–H groups in total. The predicted octanol–water partition coefficient (Wildman–Crippen LogP) is 11.5. The molecule has 0 rings (SSSR count). The number of halogens is 24. The Morgan fingerprint density at radius 1 is 0.353 bits per heavy atom. The summed E-state index contributed by atoms with van der Waals surface area (Å²) in [6.45, 7) is 0. The monoisotopic (exact) mass is 834 g/mol. The van der Waals surface area contributed by atoms with E-state index in [2.05, 4.69) is 13.3 Å². The second-order valence-electron chi connectivity index (χ2n) is 10.9. The highest BCUT2D eigenvalue weighted by molar-refractivity contribution is 6.60. The minimum absolute atomic E-state index is 0.0932. The van der Waals surface area contributed by atoms with E-state index in [9.17, 15) is 79.0 Å². The Bertz CT molecular complexity index is 987. The summed E-state index contributed by atoms with van der Waals surface area (Å²) in [5.41, 5.74) is -8.23. The third kappa shape index (κ3) is 11.7. The highest BCUT2D eigenvalue weighted by Gasteiger charge is 2.96. The van der Waals surface area contributed by atoms with Gasteiger partial charge in [-0.3, -0.25) is 0 Å². The molecule has 3 nitrogen and oxygen atoms in total. The SMILES string of the molecule is CO[Si](CCCCC(F)(F)F)(OC)OC(C(F)(F)C(F)(F)CCC(F)(F)F)(C(F)(F)C(F)(F)CCC(F)(F)F)C(F)(F)C(F)(F)CCC(F)(F)F. The maximum Gasteiger partial charge on any atom is 0.501 e. The summed E-state index contributed by atoms with van der Waals surface area (Å²) in [5.74, 6) is -47.0. The second kappa shape index (κ2) is 15.6. The van der Waals surface area contributed by atoms with Gasteiger partial charge in [0, 0.05) is 65.2 Å². The molecule has 0 heterocycles. The smallest absolute Gasteiger partial charge is 0.377 e. The quantitative estimate of drug-likeness (QED) is 0.0695. The molecular weight excluding hydrogens is 808 g/mol. The first-order chi connectivity index (χ1) is 22.2. The van der Waals surface area contributed by atoms with Crippen molar-refractivity contribution >= 4 is 8.80 Å². The molecule has 0 atom stereocenters. The van der Waals surface area contributed by atoms with Crippen LogP contribution in [0.5, 0.6) is 0 Å². The van der Waals surface area contributed by atoms with Crippen molar-refractivity contribution in [2.45, 2.75) is 130 Å². The van der Waals surface area contributed by atoms with Crippen LogP contribution in [0.4, 0.5) is 105 Å². The van der Waals surface area contributed by atoms with E-state index in [1.807, 2.05) is 0 Å². The van der Waals surface area contributed by atoms with Crippen LogP contribution in [0.1, 0.15) is 57.8 Å². The molecule has 0 fully saturated rings. The van der Waals surface area contributed by atoms with Crippen LogP contribution in [0, 0.1) is 0 Å². The first-order valence-corrected chi connectivity index (χ1v) is 15.4. The Balaban J connectivity index is 8.46. The topological polar surface area (TPSA) is 27.7 Å². The lowest BCUT2D eigenvalue weighted by atomic mass is 9.72. The van der Waals surface area contributed by atoms with Crippen molar-refractivity contribution < 1.29 is 119 Å². The van der Waals surface area contributed by atoms with Gasteiger partial charge < -0.3 is 13.3 Å². The Morgan fingerprint density at radius 2 is 0.608 bits per heavy atom. The zero-order valence-electron chi connectivity index (χ0n) is 25.4. The Morgan fingerprint density at radius 3 is 0.824 bits per heavy atom. The lowest BCUT2D eigenvalue weighted by Crippen LogP contribution is -2.84. The maximum atomic E-state index is 15.9. The molecule has 51 heavy (non-hydrogen) atoms. The number of rotatable bonds is 20. The van der Waals surface area contributed by atoms with Crippen molar-refractivity contribution in [3.63, 3.8) is 0 Å². The molecule has 0 spiro atoms. The van der Waals surface area contributed by atoms with Crippen LogP contribution < -0.4 is 0 Å². The molecule has 0 aromatic heterocycles. The van der Waals surface area contributed by atoms with Crippen molar-refractivity contribution in [2.75, 3.05) is 14.2 Å². The molecule has 0 bridgehead atoms. The maximum absolute atomic E-state index is 15.9. The molecule has 0 amide bonds. The summed E-state index contributed by atoms with van der Waals surface area (Å²) in [6, 6.07) is -1.95. The number of hydrogen-bond acceptors (Lipinski definition) is 3. The Labute approximate surface area is 272 Å². The average Bonchev–Trinajstić information content (AvgIpc) is 2.91. The molecule has 0 aliphatic rings. The molecule has 0 saturated carbocycles. The molecule has 0 aliphatic carbocycles. The van der Waals surface area contributed by atoms with Crippen molar-refractivity contribution in [1.82, 2.24) is 0 Å². The molecule has 0 saturated heterocycles. The lowest BCUT2D eigenvalue weighted by Gasteiger charge is -2.55. The van der Waals surface area contributed by atoms with Gasteiger partial charge in [0.2, 0.25) is 0 Å². The molecule has 0 aliphatic heterocycles. The first-order valence-electron chi connectivity index (χ1n) is 13.5. The third-order valence-electron chi connectivity index (χ3n) is 7.00. The van der Waals surface area contributed by atoms with E-state index >= 15 is 26.3 Å². The van der Waals surface area contributed by atoms with Crippen LogP contribution in [0.25, 0.3) is 0 Å². The summed E-state index contributed by atoms with van der Waals surface area (Å²) >= 11 is 0. The van der Waals surface area contributed by atoms with Crippen molar-refractivity contribution in [1.29, 1.82) is 0 Å². The van der Waals surface area contributed by atoms with Gasteiger partial charge in [-0.25, -0.2) is 0 Å². The lowest BCUT2D eigenvalue weighted by molar-refractivity contribution is -0.453. The Kier molecular flexibility index (Phi) is 15.2. The van der Waals surface area contributed by atoms with E-state index in [-0.39, 0.29) is 14.2 Å². The van der Waals surface area contributed by atoms with E-state index in [0.29, 0.717) is 0 Å². The van der Waals surface area contributed by atoms with Gasteiger partial charge in [0.15, 0.2) is 0 Å². The molecule has 0 aromatic carbocycles. The fourth-order valence-corrected chi connectivity index (χ4v) is 6.62. The van der Waals surface area contributed by atoms with Gasteiger partial charge >= 0.3 is 69.0 Å². The Hall–Kier alpha value is -1.58. The fraction of sp³-hybridized carbons (Fsp3) is 1.00. The van der Waals surface area contributed by atoms with Gasteiger partial charge in [-0.2, -0.15) is 105 Å². The van der Waals surface area contributed by atoms with Crippen molar-refractivity contribution in [2.24, 2.45) is 0 Å². The van der Waals surface area contributed by atoms with Crippen molar-refractivity contribution in [3.8, 4) is 0 Å². The van der Waals surface area contributed by atoms with Crippen LogP contribution in [0.15, 0.2) is 0 Å². The van der Waals surface area contributed by atoms with Crippen LogP contribution in [0.2, 0.25) is 6.04 Å². The summed E-state index contributed by atoms with van der Waals surface area (Å²) in [6.07, 6.45) is -49.4. The summed E-state index contributed by atoms with van der Waals surface area (Å²) in [5, 5.41) is 0. The minimum atomic E-state index is -8.33. The van der Waals surface area contributed by atoms with Crippen LogP contribution in [-0.2, 0) is 13.3 Å². The van der Waals surface area contributed by atoms with Gasteiger partial charge in [0.05, 0.1) is 0 Å². The molecule has 0 radical (unpaired) electrons. The average molecular weight is 834 g/mol. The first kappa shape index (κ1) is 49.4. The van der Waals surface area contributed by atoms with Crippen molar-refractivity contribution in [3.05, 3.63) is 0 Å². The van der Waals surface area contributed by atoms with Gasteiger partial charge in [-0.15, -0.1) is 0 Å². The number of alkyl halides is 24.